The Morgan fingerprint density at radius 3 is 2.06 bits per heavy atom. The van der Waals surface area contributed by atoms with E-state index in [9.17, 15) is 27.2 Å². The van der Waals surface area contributed by atoms with Crippen molar-refractivity contribution >= 4 is 27.6 Å². The van der Waals surface area contributed by atoms with Crippen LogP contribution in [0, 0.1) is 12.7 Å². The Morgan fingerprint density at radius 2 is 1.50 bits per heavy atom. The van der Waals surface area contributed by atoms with Gasteiger partial charge in [-0.15, -0.1) is 0 Å². The van der Waals surface area contributed by atoms with Gasteiger partial charge in [0.25, 0.3) is 11.8 Å². The summed E-state index contributed by atoms with van der Waals surface area (Å²) in [6.07, 6.45) is 0. The van der Waals surface area contributed by atoms with Gasteiger partial charge in [0.15, 0.2) is 0 Å². The van der Waals surface area contributed by atoms with Gasteiger partial charge in [0, 0.05) is 38.7 Å². The SMILES string of the molecule is CC(=O)N1CCN(C(=O)[C@H](NC(=O)c2ccccc2C)S(=O)(=O)c2ccc(F)cc2)CC1. The van der Waals surface area contributed by atoms with E-state index in [1.54, 1.807) is 30.0 Å². The highest BCUT2D eigenvalue weighted by atomic mass is 32.2. The molecule has 0 spiro atoms. The normalized spacial score (nSPS) is 15.2. The van der Waals surface area contributed by atoms with E-state index in [4.69, 9.17) is 0 Å². The number of nitrogens with zero attached hydrogens (tertiary/aromatic N) is 2. The van der Waals surface area contributed by atoms with Crippen molar-refractivity contribution in [2.45, 2.75) is 24.1 Å². The minimum absolute atomic E-state index is 0.133. The molecule has 2 aromatic carbocycles. The zero-order valence-corrected chi connectivity index (χ0v) is 18.6. The average Bonchev–Trinajstić information content (AvgIpc) is 2.77. The molecule has 2 aromatic rings. The number of nitrogens with one attached hydrogen (secondary N) is 1. The summed E-state index contributed by atoms with van der Waals surface area (Å²) < 4.78 is 39.9. The number of benzene rings is 2. The lowest BCUT2D eigenvalue weighted by atomic mass is 10.1. The number of piperazine rings is 1. The predicted octanol–water partition coefficient (Wildman–Crippen LogP) is 1.35. The van der Waals surface area contributed by atoms with E-state index in [0.717, 1.165) is 24.3 Å². The second-order valence-electron chi connectivity index (χ2n) is 7.50. The van der Waals surface area contributed by atoms with Gasteiger partial charge in [0.1, 0.15) is 5.82 Å². The van der Waals surface area contributed by atoms with E-state index in [2.05, 4.69) is 5.32 Å². The molecule has 1 atom stereocenters. The van der Waals surface area contributed by atoms with Crippen LogP contribution in [0.4, 0.5) is 4.39 Å². The fraction of sp³-hybridized carbons (Fsp3) is 0.318. The smallest absolute Gasteiger partial charge is 0.261 e. The zero-order chi connectivity index (χ0) is 23.5. The van der Waals surface area contributed by atoms with Crippen LogP contribution in [0.3, 0.4) is 0 Å². The van der Waals surface area contributed by atoms with Gasteiger partial charge in [-0.2, -0.15) is 0 Å². The molecule has 10 heteroatoms. The third-order valence-corrected chi connectivity index (χ3v) is 7.23. The molecule has 0 radical (unpaired) electrons. The molecule has 0 saturated carbocycles. The monoisotopic (exact) mass is 461 g/mol. The molecule has 0 aliphatic carbocycles. The minimum atomic E-state index is -4.38. The van der Waals surface area contributed by atoms with Crippen LogP contribution < -0.4 is 5.32 Å². The summed E-state index contributed by atoms with van der Waals surface area (Å²) in [5.41, 5.74) is 0.853. The van der Waals surface area contributed by atoms with Gasteiger partial charge in [-0.25, -0.2) is 12.8 Å². The first kappa shape index (κ1) is 23.4. The van der Waals surface area contributed by atoms with Crippen LogP contribution in [0.5, 0.6) is 0 Å². The lowest BCUT2D eigenvalue weighted by Gasteiger charge is -2.36. The number of hydrogen-bond acceptors (Lipinski definition) is 5. The topological polar surface area (TPSA) is 104 Å². The average molecular weight is 462 g/mol. The van der Waals surface area contributed by atoms with Crippen LogP contribution in [0.1, 0.15) is 22.8 Å². The van der Waals surface area contributed by atoms with Crippen molar-refractivity contribution in [2.24, 2.45) is 0 Å². The predicted molar refractivity (Wildman–Crippen MR) is 115 cm³/mol. The van der Waals surface area contributed by atoms with Crippen LogP contribution in [0.15, 0.2) is 53.4 Å². The highest BCUT2D eigenvalue weighted by molar-refractivity contribution is 7.92. The summed E-state index contributed by atoms with van der Waals surface area (Å²) in [5.74, 6) is -2.29. The largest absolute Gasteiger partial charge is 0.339 e. The zero-order valence-electron chi connectivity index (χ0n) is 17.7. The van der Waals surface area contributed by atoms with E-state index < -0.39 is 32.8 Å². The summed E-state index contributed by atoms with van der Waals surface area (Å²) >= 11 is 0. The Morgan fingerprint density at radius 1 is 0.938 bits per heavy atom. The Kier molecular flexibility index (Phi) is 6.93. The number of sulfone groups is 1. The van der Waals surface area contributed by atoms with Crippen molar-refractivity contribution in [1.82, 2.24) is 15.1 Å². The maximum absolute atomic E-state index is 13.3. The number of carbonyl (C=O) groups excluding carboxylic acids is 3. The van der Waals surface area contributed by atoms with Gasteiger partial charge in [0.05, 0.1) is 4.90 Å². The molecule has 1 N–H and O–H groups in total. The van der Waals surface area contributed by atoms with Gasteiger partial charge in [-0.1, -0.05) is 18.2 Å². The van der Waals surface area contributed by atoms with Crippen molar-refractivity contribution in [3.8, 4) is 0 Å². The third-order valence-electron chi connectivity index (χ3n) is 5.37. The molecule has 1 fully saturated rings. The first-order valence-corrected chi connectivity index (χ1v) is 11.6. The summed E-state index contributed by atoms with van der Waals surface area (Å²) in [5, 5.41) is 0.467. The number of halogens is 1. The highest BCUT2D eigenvalue weighted by Gasteiger charge is 2.39. The van der Waals surface area contributed by atoms with E-state index in [0.29, 0.717) is 5.56 Å². The summed E-state index contributed by atoms with van der Waals surface area (Å²) in [6.45, 7) is 3.90. The Hall–Kier alpha value is -3.27. The molecule has 3 rings (SSSR count). The van der Waals surface area contributed by atoms with Crippen molar-refractivity contribution in [1.29, 1.82) is 0 Å². The van der Waals surface area contributed by atoms with Crippen LogP contribution in [0.2, 0.25) is 0 Å². The van der Waals surface area contributed by atoms with Crippen molar-refractivity contribution in [3.05, 3.63) is 65.5 Å². The van der Waals surface area contributed by atoms with Gasteiger partial charge in [-0.3, -0.25) is 14.4 Å². The molecule has 3 amide bonds. The number of aryl methyl sites for hydroxylation is 1. The van der Waals surface area contributed by atoms with Crippen LogP contribution in [-0.2, 0) is 19.4 Å². The second-order valence-corrected chi connectivity index (χ2v) is 9.53. The lowest BCUT2D eigenvalue weighted by Crippen LogP contribution is -2.57. The summed E-state index contributed by atoms with van der Waals surface area (Å²) in [7, 11) is -4.38. The standard InChI is InChI=1S/C22H24FN3O5S/c1-15-5-3-4-6-19(15)20(28)24-21(32(30,31)18-9-7-17(23)8-10-18)22(29)26-13-11-25(12-14-26)16(2)27/h3-10,21H,11-14H2,1-2H3,(H,24,28)/t21-/m1/s1. The van der Waals surface area contributed by atoms with Gasteiger partial charge in [0.2, 0.25) is 21.1 Å². The molecule has 8 nitrogen and oxygen atoms in total. The van der Waals surface area contributed by atoms with Crippen molar-refractivity contribution < 1.29 is 27.2 Å². The van der Waals surface area contributed by atoms with E-state index in [-0.39, 0.29) is 42.5 Å². The first-order chi connectivity index (χ1) is 15.1. The third kappa shape index (κ3) is 4.96. The first-order valence-electron chi connectivity index (χ1n) is 10.0. The second kappa shape index (κ2) is 9.47. The number of hydrogen-bond donors (Lipinski definition) is 1. The van der Waals surface area contributed by atoms with Crippen LogP contribution >= 0.6 is 0 Å². The number of rotatable bonds is 5. The Labute approximate surface area is 185 Å². The molecule has 32 heavy (non-hydrogen) atoms. The lowest BCUT2D eigenvalue weighted by molar-refractivity contribution is -0.138. The molecular formula is C22H24FN3O5S. The highest BCUT2D eigenvalue weighted by Crippen LogP contribution is 2.19. The van der Waals surface area contributed by atoms with Gasteiger partial charge in [-0.05, 0) is 42.8 Å². The van der Waals surface area contributed by atoms with Crippen LogP contribution in [-0.4, -0.2) is 67.5 Å². The fourth-order valence-electron chi connectivity index (χ4n) is 3.46. The Bertz CT molecular complexity index is 1130. The molecule has 1 heterocycles. The number of carbonyl (C=O) groups is 3. The molecule has 0 bridgehead atoms. The maximum atomic E-state index is 13.3. The maximum Gasteiger partial charge on any atom is 0.261 e. The van der Waals surface area contributed by atoms with Gasteiger partial charge >= 0.3 is 0 Å². The van der Waals surface area contributed by atoms with Crippen molar-refractivity contribution in [2.75, 3.05) is 26.2 Å². The minimum Gasteiger partial charge on any atom is -0.339 e. The van der Waals surface area contributed by atoms with Gasteiger partial charge < -0.3 is 15.1 Å². The van der Waals surface area contributed by atoms with E-state index in [1.807, 2.05) is 0 Å². The van der Waals surface area contributed by atoms with Crippen molar-refractivity contribution in [3.63, 3.8) is 0 Å². The quantitative estimate of drug-likeness (QED) is 0.677. The van der Waals surface area contributed by atoms with E-state index in [1.165, 1.54) is 17.9 Å². The van der Waals surface area contributed by atoms with E-state index >= 15 is 0 Å². The summed E-state index contributed by atoms with van der Waals surface area (Å²) in [6, 6.07) is 10.7. The molecule has 1 aliphatic heterocycles. The molecular weight excluding hydrogens is 437 g/mol. The fourth-order valence-corrected chi connectivity index (χ4v) is 4.93. The summed E-state index contributed by atoms with van der Waals surface area (Å²) in [4.78, 5) is 40.3. The Balaban J connectivity index is 1.93. The molecule has 1 saturated heterocycles. The molecule has 0 aromatic heterocycles. The van der Waals surface area contributed by atoms with Crippen LogP contribution in [0.25, 0.3) is 0 Å². The molecule has 170 valence electrons. The molecule has 1 aliphatic rings. The molecule has 0 unspecified atom stereocenters. The number of amides is 3.